The number of thiophene rings is 1. The third-order valence-electron chi connectivity index (χ3n) is 7.81. The molecule has 0 unspecified atom stereocenters. The third-order valence-corrected chi connectivity index (χ3v) is 9.90. The highest BCUT2D eigenvalue weighted by atomic mass is 32.2. The molecule has 1 aliphatic rings. The van der Waals surface area contributed by atoms with Crippen LogP contribution in [0.3, 0.4) is 0 Å². The van der Waals surface area contributed by atoms with Crippen LogP contribution in [0.1, 0.15) is 51.1 Å². The highest BCUT2D eigenvalue weighted by Gasteiger charge is 2.31. The minimum Gasteiger partial charge on any atom is -0.318 e. The van der Waals surface area contributed by atoms with Gasteiger partial charge in [0.05, 0.1) is 22.4 Å². The lowest BCUT2D eigenvalue weighted by molar-refractivity contribution is -0.137. The zero-order valence-electron chi connectivity index (χ0n) is 23.3. The number of aryl methyl sites for hydroxylation is 2. The maximum absolute atomic E-state index is 14.0. The van der Waals surface area contributed by atoms with Gasteiger partial charge < -0.3 is 4.57 Å². The predicted molar refractivity (Wildman–Crippen MR) is 162 cm³/mol. The molecule has 3 aromatic heterocycles. The molecule has 0 spiro atoms. The van der Waals surface area contributed by atoms with Crippen LogP contribution >= 0.6 is 23.1 Å². The molecule has 42 heavy (non-hydrogen) atoms. The summed E-state index contributed by atoms with van der Waals surface area (Å²) in [4.78, 5) is 34.3. The Hall–Kier alpha value is -3.63. The zero-order valence-corrected chi connectivity index (χ0v) is 24.9. The van der Waals surface area contributed by atoms with Gasteiger partial charge in [0.2, 0.25) is 0 Å². The molecule has 5 nitrogen and oxygen atoms in total. The van der Waals surface area contributed by atoms with E-state index in [2.05, 4.69) is 6.92 Å². The number of Topliss-reactive ketones (excluding diaryl/α,β-unsaturated/α-hetero) is 1. The van der Waals surface area contributed by atoms with Crippen molar-refractivity contribution in [3.05, 3.63) is 104 Å². The second-order valence-electron chi connectivity index (χ2n) is 10.8. The predicted octanol–water partition coefficient (Wildman–Crippen LogP) is 7.97. The molecule has 1 aliphatic carbocycles. The highest BCUT2D eigenvalue weighted by molar-refractivity contribution is 7.99. The van der Waals surface area contributed by atoms with E-state index in [9.17, 15) is 22.8 Å². The number of halogens is 3. The van der Waals surface area contributed by atoms with Crippen LogP contribution in [0, 0.1) is 19.8 Å². The number of benzene rings is 2. The average molecular weight is 608 g/mol. The van der Waals surface area contributed by atoms with Crippen molar-refractivity contribution in [2.75, 3.05) is 5.75 Å². The van der Waals surface area contributed by atoms with E-state index in [1.807, 2.05) is 30.3 Å². The topological polar surface area (TPSA) is 56.9 Å². The smallest absolute Gasteiger partial charge is 0.318 e. The molecule has 0 amide bonds. The van der Waals surface area contributed by atoms with Crippen molar-refractivity contribution in [3.8, 4) is 11.4 Å². The number of hydrogen-bond donors (Lipinski definition) is 0. The lowest BCUT2D eigenvalue weighted by Crippen LogP contribution is -2.23. The van der Waals surface area contributed by atoms with Crippen LogP contribution in [0.25, 0.3) is 21.6 Å². The summed E-state index contributed by atoms with van der Waals surface area (Å²) in [5, 5.41) is 1.11. The number of aromatic nitrogens is 3. The van der Waals surface area contributed by atoms with Gasteiger partial charge in [-0.15, -0.1) is 11.3 Å². The quantitative estimate of drug-likeness (QED) is 0.112. The van der Waals surface area contributed by atoms with Gasteiger partial charge in [0, 0.05) is 27.5 Å². The van der Waals surface area contributed by atoms with E-state index < -0.39 is 11.7 Å². The summed E-state index contributed by atoms with van der Waals surface area (Å²) in [5.41, 5.74) is 2.88. The van der Waals surface area contributed by atoms with Crippen molar-refractivity contribution in [1.82, 2.24) is 14.1 Å². The van der Waals surface area contributed by atoms with Crippen molar-refractivity contribution in [1.29, 1.82) is 0 Å². The number of carbonyl (C=O) groups excluding carboxylic acids is 1. The molecule has 10 heteroatoms. The van der Waals surface area contributed by atoms with Crippen molar-refractivity contribution < 1.29 is 18.0 Å². The van der Waals surface area contributed by atoms with Crippen LogP contribution in [-0.4, -0.2) is 25.7 Å². The van der Waals surface area contributed by atoms with Gasteiger partial charge >= 0.3 is 6.18 Å². The van der Waals surface area contributed by atoms with Crippen LogP contribution in [0.5, 0.6) is 0 Å². The summed E-state index contributed by atoms with van der Waals surface area (Å²) >= 11 is 2.77. The molecule has 3 heterocycles. The minimum atomic E-state index is -4.47. The molecule has 0 aliphatic heterocycles. The van der Waals surface area contributed by atoms with Gasteiger partial charge in [-0.1, -0.05) is 43.0 Å². The van der Waals surface area contributed by atoms with Crippen LogP contribution in [0.15, 0.2) is 70.6 Å². The monoisotopic (exact) mass is 607 g/mol. The minimum absolute atomic E-state index is 0.0137. The standard InChI is InChI=1S/C32H28F3N3O2S2/c1-18-12-13-24-27(14-18)42-29-28(24)30(40)38(22-9-5-4-6-10-22)31(36-29)41-17-26(39)25-15-19(2)37(20(25)3)23-11-7-8-21(16-23)32(33,34)35/h4-11,15-16,18H,12-14,17H2,1-3H3/t18-/m0/s1. The molecule has 0 radical (unpaired) electrons. The Balaban J connectivity index is 1.36. The Morgan fingerprint density at radius 2 is 1.79 bits per heavy atom. The Kier molecular flexibility index (Phi) is 7.39. The molecule has 0 N–H and O–H groups in total. The summed E-state index contributed by atoms with van der Waals surface area (Å²) in [6, 6.07) is 16.1. The Morgan fingerprint density at radius 1 is 1.05 bits per heavy atom. The molecule has 5 aromatic rings. The van der Waals surface area contributed by atoms with Gasteiger partial charge in [0.15, 0.2) is 10.9 Å². The number of rotatable bonds is 6. The van der Waals surface area contributed by atoms with Crippen molar-refractivity contribution >= 4 is 39.1 Å². The maximum Gasteiger partial charge on any atom is 0.416 e. The van der Waals surface area contributed by atoms with Crippen molar-refractivity contribution in [2.45, 2.75) is 51.4 Å². The van der Waals surface area contributed by atoms with Crippen LogP contribution in [0.4, 0.5) is 13.2 Å². The number of thioether (sulfide) groups is 1. The van der Waals surface area contributed by atoms with E-state index in [4.69, 9.17) is 4.98 Å². The van der Waals surface area contributed by atoms with E-state index in [1.54, 1.807) is 46.5 Å². The van der Waals surface area contributed by atoms with Crippen molar-refractivity contribution in [3.63, 3.8) is 0 Å². The van der Waals surface area contributed by atoms with Crippen LogP contribution < -0.4 is 5.56 Å². The van der Waals surface area contributed by atoms with Gasteiger partial charge in [-0.05, 0) is 81.0 Å². The molecule has 0 saturated heterocycles. The number of hydrogen-bond acceptors (Lipinski definition) is 5. The van der Waals surface area contributed by atoms with E-state index >= 15 is 0 Å². The fraction of sp³-hybridized carbons (Fsp3) is 0.281. The molecule has 1 atom stereocenters. The fourth-order valence-electron chi connectivity index (χ4n) is 5.74. The average Bonchev–Trinajstić information content (AvgIpc) is 3.47. The molecule has 0 saturated carbocycles. The van der Waals surface area contributed by atoms with Gasteiger partial charge in [-0.3, -0.25) is 14.2 Å². The summed E-state index contributed by atoms with van der Waals surface area (Å²) in [5.74, 6) is 0.377. The number of carbonyl (C=O) groups is 1. The van der Waals surface area contributed by atoms with Crippen LogP contribution in [-0.2, 0) is 19.0 Å². The second kappa shape index (κ2) is 10.9. The zero-order chi connectivity index (χ0) is 29.8. The number of alkyl halides is 3. The SMILES string of the molecule is Cc1cc(C(=O)CSc2nc3sc4c(c3c(=O)n2-c2ccccc2)CC[C@H](C)C4)c(C)n1-c1cccc(C(F)(F)F)c1. The Labute approximate surface area is 249 Å². The largest absolute Gasteiger partial charge is 0.416 e. The summed E-state index contributed by atoms with van der Waals surface area (Å²) < 4.78 is 43.3. The summed E-state index contributed by atoms with van der Waals surface area (Å²) in [6.07, 6.45) is -1.64. The Morgan fingerprint density at radius 3 is 2.52 bits per heavy atom. The van der Waals surface area contributed by atoms with E-state index in [1.165, 1.54) is 22.7 Å². The molecule has 0 bridgehead atoms. The highest BCUT2D eigenvalue weighted by Crippen LogP contribution is 2.37. The second-order valence-corrected chi connectivity index (χ2v) is 12.8. The van der Waals surface area contributed by atoms with Gasteiger partial charge in [0.1, 0.15) is 4.83 Å². The normalized spacial score (nSPS) is 15.2. The number of ketones is 1. The van der Waals surface area contributed by atoms with Crippen LogP contribution in [0.2, 0.25) is 0 Å². The first kappa shape index (κ1) is 28.5. The van der Waals surface area contributed by atoms with Gasteiger partial charge in [0.25, 0.3) is 5.56 Å². The van der Waals surface area contributed by atoms with Gasteiger partial charge in [-0.2, -0.15) is 13.2 Å². The van der Waals surface area contributed by atoms with E-state index in [0.717, 1.165) is 37.0 Å². The third kappa shape index (κ3) is 5.11. The number of fused-ring (bicyclic) bond motifs is 3. The van der Waals surface area contributed by atoms with Gasteiger partial charge in [-0.25, -0.2) is 4.98 Å². The lowest BCUT2D eigenvalue weighted by atomic mass is 9.89. The fourth-order valence-corrected chi connectivity index (χ4v) is 8.06. The summed E-state index contributed by atoms with van der Waals surface area (Å²) in [7, 11) is 0. The maximum atomic E-state index is 14.0. The van der Waals surface area contributed by atoms with Crippen molar-refractivity contribution in [2.24, 2.45) is 5.92 Å². The molecule has 2 aromatic carbocycles. The number of nitrogens with zero attached hydrogens (tertiary/aromatic N) is 3. The Bertz CT molecular complexity index is 1890. The first-order chi connectivity index (χ1) is 20.0. The van der Waals surface area contributed by atoms with E-state index in [0.29, 0.717) is 49.6 Å². The molecule has 216 valence electrons. The molecule has 0 fully saturated rings. The first-order valence-corrected chi connectivity index (χ1v) is 15.5. The van der Waals surface area contributed by atoms with E-state index in [-0.39, 0.29) is 17.1 Å². The lowest BCUT2D eigenvalue weighted by Gasteiger charge is -2.17. The number of para-hydroxylation sites is 1. The molecular formula is C32H28F3N3O2S2. The molecular weight excluding hydrogens is 579 g/mol. The first-order valence-electron chi connectivity index (χ1n) is 13.7. The molecule has 6 rings (SSSR count). The summed E-state index contributed by atoms with van der Waals surface area (Å²) in [6.45, 7) is 5.71.